The van der Waals surface area contributed by atoms with Crippen LogP contribution < -0.4 is 9.47 Å². The van der Waals surface area contributed by atoms with Crippen LogP contribution in [0.3, 0.4) is 0 Å². The van der Waals surface area contributed by atoms with E-state index >= 15 is 0 Å². The van der Waals surface area contributed by atoms with Crippen molar-refractivity contribution in [2.45, 2.75) is 45.4 Å². The molecule has 1 aromatic carbocycles. The standard InChI is InChI=1S/C19H23N3O3/c1-13-10-14(2)22(20-13)11-15-6-5-9-21(15)19(23)18-12-24-16-7-3-4-8-17(16)25-18/h3-4,7-8,10,15,18H,5-6,9,11-12H2,1-2H3/t15-,18+/m1/s1. The second-order valence-electron chi connectivity index (χ2n) is 6.80. The summed E-state index contributed by atoms with van der Waals surface area (Å²) in [5.41, 5.74) is 2.14. The van der Waals surface area contributed by atoms with Gasteiger partial charge in [0.05, 0.1) is 18.3 Å². The number of nitrogens with zero attached hydrogens (tertiary/aromatic N) is 3. The first-order valence-corrected chi connectivity index (χ1v) is 8.82. The van der Waals surface area contributed by atoms with Crippen LogP contribution in [-0.2, 0) is 11.3 Å². The van der Waals surface area contributed by atoms with E-state index in [9.17, 15) is 4.79 Å². The molecule has 1 amide bonds. The molecular weight excluding hydrogens is 318 g/mol. The van der Waals surface area contributed by atoms with Crippen LogP contribution in [0.25, 0.3) is 0 Å². The van der Waals surface area contributed by atoms with Crippen LogP contribution in [0.4, 0.5) is 0 Å². The molecule has 2 aromatic rings. The highest BCUT2D eigenvalue weighted by atomic mass is 16.6. The predicted molar refractivity (Wildman–Crippen MR) is 92.8 cm³/mol. The third-order valence-electron chi connectivity index (χ3n) is 4.93. The molecule has 0 radical (unpaired) electrons. The van der Waals surface area contributed by atoms with Crippen molar-refractivity contribution < 1.29 is 14.3 Å². The van der Waals surface area contributed by atoms with E-state index in [0.29, 0.717) is 11.5 Å². The molecular formula is C19H23N3O3. The molecule has 6 heteroatoms. The molecule has 2 atom stereocenters. The Kier molecular flexibility index (Phi) is 4.11. The second-order valence-corrected chi connectivity index (χ2v) is 6.80. The summed E-state index contributed by atoms with van der Waals surface area (Å²) in [6.07, 6.45) is 1.43. The van der Waals surface area contributed by atoms with Crippen LogP contribution in [0.5, 0.6) is 11.5 Å². The van der Waals surface area contributed by atoms with E-state index in [2.05, 4.69) is 18.1 Å². The monoisotopic (exact) mass is 341 g/mol. The normalized spacial score (nSPS) is 22.2. The molecule has 0 unspecified atom stereocenters. The molecule has 1 aromatic heterocycles. The SMILES string of the molecule is Cc1cc(C)n(C[C@H]2CCCN2C(=O)[C@@H]2COc3ccccc3O2)n1. The van der Waals surface area contributed by atoms with E-state index in [1.807, 2.05) is 40.8 Å². The van der Waals surface area contributed by atoms with Gasteiger partial charge in [-0.25, -0.2) is 0 Å². The Morgan fingerprint density at radius 2 is 2.08 bits per heavy atom. The van der Waals surface area contributed by atoms with Crippen molar-refractivity contribution in [1.82, 2.24) is 14.7 Å². The van der Waals surface area contributed by atoms with E-state index < -0.39 is 6.10 Å². The van der Waals surface area contributed by atoms with Gasteiger partial charge in [-0.05, 0) is 44.9 Å². The quantitative estimate of drug-likeness (QED) is 0.860. The van der Waals surface area contributed by atoms with Crippen molar-refractivity contribution in [1.29, 1.82) is 0 Å². The summed E-state index contributed by atoms with van der Waals surface area (Å²) in [4.78, 5) is 14.9. The average molecular weight is 341 g/mol. The highest BCUT2D eigenvalue weighted by Crippen LogP contribution is 2.32. The van der Waals surface area contributed by atoms with E-state index in [-0.39, 0.29) is 18.6 Å². The van der Waals surface area contributed by atoms with Gasteiger partial charge < -0.3 is 14.4 Å². The number of amides is 1. The number of carbonyl (C=O) groups excluding carboxylic acids is 1. The predicted octanol–water partition coefficient (Wildman–Crippen LogP) is 2.33. The summed E-state index contributed by atoms with van der Waals surface area (Å²) in [5.74, 6) is 1.35. The van der Waals surface area contributed by atoms with Crippen molar-refractivity contribution >= 4 is 5.91 Å². The molecule has 132 valence electrons. The van der Waals surface area contributed by atoms with Gasteiger partial charge in [0.25, 0.3) is 5.91 Å². The lowest BCUT2D eigenvalue weighted by Crippen LogP contribution is -2.49. The lowest BCUT2D eigenvalue weighted by atomic mass is 10.2. The number of para-hydroxylation sites is 2. The third kappa shape index (κ3) is 3.08. The summed E-state index contributed by atoms with van der Waals surface area (Å²) in [5, 5.41) is 4.53. The van der Waals surface area contributed by atoms with Crippen molar-refractivity contribution in [3.63, 3.8) is 0 Å². The molecule has 1 saturated heterocycles. The Hall–Kier alpha value is -2.50. The number of aromatic nitrogens is 2. The first-order chi connectivity index (χ1) is 12.1. The number of ether oxygens (including phenoxy) is 2. The number of hydrogen-bond acceptors (Lipinski definition) is 4. The Morgan fingerprint density at radius 3 is 2.84 bits per heavy atom. The first-order valence-electron chi connectivity index (χ1n) is 8.82. The fourth-order valence-electron chi connectivity index (χ4n) is 3.70. The topological polar surface area (TPSA) is 56.6 Å². The number of aryl methyl sites for hydroxylation is 2. The molecule has 1 fully saturated rings. The van der Waals surface area contributed by atoms with Crippen molar-refractivity contribution in [3.05, 3.63) is 41.7 Å². The van der Waals surface area contributed by atoms with Crippen LogP contribution in [0.15, 0.2) is 30.3 Å². The van der Waals surface area contributed by atoms with Gasteiger partial charge in [-0.15, -0.1) is 0 Å². The minimum atomic E-state index is -0.573. The largest absolute Gasteiger partial charge is 0.485 e. The Morgan fingerprint density at radius 1 is 1.28 bits per heavy atom. The van der Waals surface area contributed by atoms with Crippen molar-refractivity contribution in [2.75, 3.05) is 13.2 Å². The van der Waals surface area contributed by atoms with Gasteiger partial charge in [0.1, 0.15) is 6.61 Å². The zero-order valence-corrected chi connectivity index (χ0v) is 14.6. The minimum Gasteiger partial charge on any atom is -0.485 e. The Labute approximate surface area is 147 Å². The molecule has 2 aliphatic rings. The van der Waals surface area contributed by atoms with E-state index in [1.165, 1.54) is 0 Å². The van der Waals surface area contributed by atoms with Crippen LogP contribution in [0.1, 0.15) is 24.2 Å². The van der Waals surface area contributed by atoms with Gasteiger partial charge in [0.15, 0.2) is 11.5 Å². The number of rotatable bonds is 3. The van der Waals surface area contributed by atoms with Crippen LogP contribution in [-0.4, -0.2) is 45.9 Å². The molecule has 0 saturated carbocycles. The van der Waals surface area contributed by atoms with E-state index in [1.54, 1.807) is 0 Å². The molecule has 25 heavy (non-hydrogen) atoms. The molecule has 0 bridgehead atoms. The molecule has 0 N–H and O–H groups in total. The zero-order valence-electron chi connectivity index (χ0n) is 14.6. The molecule has 4 rings (SSSR count). The van der Waals surface area contributed by atoms with Crippen molar-refractivity contribution in [3.8, 4) is 11.5 Å². The number of fused-ring (bicyclic) bond motifs is 1. The maximum Gasteiger partial charge on any atom is 0.267 e. The fraction of sp³-hybridized carbons (Fsp3) is 0.474. The highest BCUT2D eigenvalue weighted by molar-refractivity contribution is 5.82. The van der Waals surface area contributed by atoms with Gasteiger partial charge in [0, 0.05) is 12.2 Å². The lowest BCUT2D eigenvalue weighted by molar-refractivity contribution is -0.142. The molecule has 6 nitrogen and oxygen atoms in total. The second kappa shape index (κ2) is 6.43. The number of carbonyl (C=O) groups is 1. The number of benzene rings is 1. The molecule has 0 aliphatic carbocycles. The van der Waals surface area contributed by atoms with E-state index in [4.69, 9.17) is 9.47 Å². The Bertz CT molecular complexity index is 786. The Balaban J connectivity index is 1.47. The molecule has 0 spiro atoms. The summed E-state index contributed by atoms with van der Waals surface area (Å²) in [7, 11) is 0. The number of likely N-dealkylation sites (tertiary alicyclic amines) is 1. The summed E-state index contributed by atoms with van der Waals surface area (Å²) in [6.45, 7) is 5.81. The van der Waals surface area contributed by atoms with Crippen LogP contribution >= 0.6 is 0 Å². The summed E-state index contributed by atoms with van der Waals surface area (Å²) in [6, 6.07) is 9.71. The van der Waals surface area contributed by atoms with Gasteiger partial charge in [-0.2, -0.15) is 5.10 Å². The average Bonchev–Trinajstić information content (AvgIpc) is 3.20. The van der Waals surface area contributed by atoms with Gasteiger partial charge in [0.2, 0.25) is 6.10 Å². The molecule has 3 heterocycles. The fourth-order valence-corrected chi connectivity index (χ4v) is 3.70. The maximum absolute atomic E-state index is 13.0. The summed E-state index contributed by atoms with van der Waals surface area (Å²) < 4.78 is 13.6. The van der Waals surface area contributed by atoms with Crippen LogP contribution in [0, 0.1) is 13.8 Å². The minimum absolute atomic E-state index is 0.0125. The molecule has 2 aliphatic heterocycles. The smallest absolute Gasteiger partial charge is 0.267 e. The number of hydrogen-bond donors (Lipinski definition) is 0. The zero-order chi connectivity index (χ0) is 17.4. The third-order valence-corrected chi connectivity index (χ3v) is 4.93. The van der Waals surface area contributed by atoms with Gasteiger partial charge >= 0.3 is 0 Å². The van der Waals surface area contributed by atoms with Gasteiger partial charge in [-0.3, -0.25) is 9.48 Å². The van der Waals surface area contributed by atoms with Crippen LogP contribution in [0.2, 0.25) is 0 Å². The van der Waals surface area contributed by atoms with Crippen molar-refractivity contribution in [2.24, 2.45) is 0 Å². The van der Waals surface area contributed by atoms with Gasteiger partial charge in [-0.1, -0.05) is 12.1 Å². The highest BCUT2D eigenvalue weighted by Gasteiger charge is 2.37. The first kappa shape index (κ1) is 16.0. The maximum atomic E-state index is 13.0. The lowest BCUT2D eigenvalue weighted by Gasteiger charge is -2.31. The summed E-state index contributed by atoms with van der Waals surface area (Å²) >= 11 is 0. The van der Waals surface area contributed by atoms with E-state index in [0.717, 1.165) is 37.3 Å².